The van der Waals surface area contributed by atoms with Crippen LogP contribution in [0.3, 0.4) is 0 Å². The quantitative estimate of drug-likeness (QED) is 0.656. The van der Waals surface area contributed by atoms with E-state index < -0.39 is 0 Å². The molecule has 1 aliphatic rings. The van der Waals surface area contributed by atoms with Crippen LogP contribution < -0.4 is 10.6 Å². The van der Waals surface area contributed by atoms with Gasteiger partial charge >= 0.3 is 0 Å². The number of carbonyl (C=O) groups excluding carboxylic acids is 1. The molecule has 0 saturated carbocycles. The molecule has 1 amide bonds. The summed E-state index contributed by atoms with van der Waals surface area (Å²) in [7, 11) is 0. The van der Waals surface area contributed by atoms with E-state index in [0.717, 1.165) is 13.0 Å². The van der Waals surface area contributed by atoms with Gasteiger partial charge in [0.25, 0.3) is 0 Å². The number of nitrogens with one attached hydrogen (secondary N) is 2. The molecular formula is C11H22N2O2. The van der Waals surface area contributed by atoms with Crippen LogP contribution in [0.5, 0.6) is 0 Å². The molecule has 88 valence electrons. The van der Waals surface area contributed by atoms with Crippen molar-refractivity contribution in [1.82, 2.24) is 10.6 Å². The number of hydrogen-bond acceptors (Lipinski definition) is 3. The highest BCUT2D eigenvalue weighted by molar-refractivity contribution is 5.79. The summed E-state index contributed by atoms with van der Waals surface area (Å²) in [4.78, 5) is 11.6. The molecule has 15 heavy (non-hydrogen) atoms. The smallest absolute Gasteiger partial charge is 0.225 e. The first-order valence-electron chi connectivity index (χ1n) is 5.72. The predicted octanol–water partition coefficient (Wildman–Crippen LogP) is 0.526. The molecular weight excluding hydrogens is 192 g/mol. The van der Waals surface area contributed by atoms with E-state index in [-0.39, 0.29) is 17.9 Å². The molecule has 0 aromatic carbocycles. The molecule has 0 aromatic heterocycles. The first-order chi connectivity index (χ1) is 7.09. The van der Waals surface area contributed by atoms with E-state index in [1.54, 1.807) is 0 Å². The molecule has 1 rings (SSSR count). The lowest BCUT2D eigenvalue weighted by atomic mass is 10.1. The molecule has 4 heteroatoms. The summed E-state index contributed by atoms with van der Waals surface area (Å²) in [6.07, 6.45) is 1.08. The Kier molecular flexibility index (Phi) is 5.05. The maximum Gasteiger partial charge on any atom is 0.225 e. The molecule has 1 heterocycles. The van der Waals surface area contributed by atoms with Crippen molar-refractivity contribution in [3.05, 3.63) is 0 Å². The fourth-order valence-corrected chi connectivity index (χ4v) is 1.69. The predicted molar refractivity (Wildman–Crippen MR) is 59.7 cm³/mol. The van der Waals surface area contributed by atoms with Gasteiger partial charge in [0.15, 0.2) is 0 Å². The number of carbonyl (C=O) groups is 1. The number of rotatable bonds is 5. The Morgan fingerprint density at radius 1 is 1.47 bits per heavy atom. The highest BCUT2D eigenvalue weighted by Crippen LogP contribution is 2.18. The van der Waals surface area contributed by atoms with Gasteiger partial charge in [0.2, 0.25) is 5.91 Å². The van der Waals surface area contributed by atoms with Gasteiger partial charge in [-0.3, -0.25) is 4.79 Å². The Bertz CT molecular complexity index is 207. The second-order valence-corrected chi connectivity index (χ2v) is 4.48. The Labute approximate surface area is 91.8 Å². The second-order valence-electron chi connectivity index (χ2n) is 4.48. The van der Waals surface area contributed by atoms with E-state index in [1.807, 2.05) is 6.92 Å². The van der Waals surface area contributed by atoms with Crippen LogP contribution in [0.4, 0.5) is 0 Å². The summed E-state index contributed by atoms with van der Waals surface area (Å²) < 4.78 is 5.35. The van der Waals surface area contributed by atoms with Crippen molar-refractivity contribution >= 4 is 5.91 Å². The monoisotopic (exact) mass is 214 g/mol. The van der Waals surface area contributed by atoms with Crippen LogP contribution >= 0.6 is 0 Å². The largest absolute Gasteiger partial charge is 0.378 e. The van der Waals surface area contributed by atoms with Gasteiger partial charge in [-0.15, -0.1) is 0 Å². The zero-order valence-corrected chi connectivity index (χ0v) is 9.88. The average molecular weight is 214 g/mol. The molecule has 0 aliphatic carbocycles. The Morgan fingerprint density at radius 2 is 2.20 bits per heavy atom. The Hall–Kier alpha value is -0.610. The summed E-state index contributed by atoms with van der Waals surface area (Å²) in [5.41, 5.74) is 0. The van der Waals surface area contributed by atoms with Crippen molar-refractivity contribution in [2.75, 3.05) is 19.7 Å². The maximum atomic E-state index is 11.6. The van der Waals surface area contributed by atoms with Crippen molar-refractivity contribution in [2.45, 2.75) is 39.3 Å². The fraction of sp³-hybridized carbons (Fsp3) is 0.909. The first kappa shape index (κ1) is 12.5. The van der Waals surface area contributed by atoms with Crippen LogP contribution in [0.15, 0.2) is 0 Å². The van der Waals surface area contributed by atoms with Crippen LogP contribution in [-0.4, -0.2) is 37.7 Å². The molecule has 1 aliphatic heterocycles. The molecule has 2 N–H and O–H groups in total. The lowest BCUT2D eigenvalue weighted by Crippen LogP contribution is -2.37. The third-order valence-electron chi connectivity index (χ3n) is 2.55. The highest BCUT2D eigenvalue weighted by atomic mass is 16.5. The minimum atomic E-state index is 0.0547. The Balaban J connectivity index is 2.08. The van der Waals surface area contributed by atoms with Crippen LogP contribution in [0.1, 0.15) is 27.2 Å². The molecule has 2 unspecified atom stereocenters. The molecule has 1 saturated heterocycles. The number of hydrogen-bond donors (Lipinski definition) is 2. The van der Waals surface area contributed by atoms with E-state index in [4.69, 9.17) is 4.74 Å². The standard InChI is InChI=1S/C11H22N2O2/c1-8(2)12-4-5-13-11(14)10-6-9(3)15-7-10/h8-10,12H,4-7H2,1-3H3,(H,13,14). The van der Waals surface area contributed by atoms with Gasteiger partial charge in [-0.25, -0.2) is 0 Å². The maximum absolute atomic E-state index is 11.6. The van der Waals surface area contributed by atoms with Crippen LogP contribution in [-0.2, 0) is 9.53 Å². The van der Waals surface area contributed by atoms with E-state index in [1.165, 1.54) is 0 Å². The SMILES string of the molecule is CC(C)NCCNC(=O)C1COC(C)C1. The number of ether oxygens (including phenoxy) is 1. The molecule has 4 nitrogen and oxygen atoms in total. The zero-order chi connectivity index (χ0) is 11.3. The minimum Gasteiger partial charge on any atom is -0.378 e. The Morgan fingerprint density at radius 3 is 2.73 bits per heavy atom. The summed E-state index contributed by atoms with van der Waals surface area (Å²) in [5, 5.41) is 6.17. The molecule has 0 aromatic rings. The average Bonchev–Trinajstić information content (AvgIpc) is 2.59. The normalized spacial score (nSPS) is 25.9. The third kappa shape index (κ3) is 4.62. The van der Waals surface area contributed by atoms with Crippen LogP contribution in [0.2, 0.25) is 0 Å². The molecule has 0 bridgehead atoms. The third-order valence-corrected chi connectivity index (χ3v) is 2.55. The van der Waals surface area contributed by atoms with Crippen molar-refractivity contribution in [1.29, 1.82) is 0 Å². The van der Waals surface area contributed by atoms with Gasteiger partial charge in [0.05, 0.1) is 18.6 Å². The molecule has 2 atom stereocenters. The second kappa shape index (κ2) is 6.08. The minimum absolute atomic E-state index is 0.0547. The highest BCUT2D eigenvalue weighted by Gasteiger charge is 2.27. The van der Waals surface area contributed by atoms with Crippen molar-refractivity contribution in [3.63, 3.8) is 0 Å². The van der Waals surface area contributed by atoms with E-state index in [0.29, 0.717) is 19.2 Å². The molecule has 0 radical (unpaired) electrons. The lowest BCUT2D eigenvalue weighted by molar-refractivity contribution is -0.124. The van der Waals surface area contributed by atoms with Crippen LogP contribution in [0.25, 0.3) is 0 Å². The van der Waals surface area contributed by atoms with Crippen molar-refractivity contribution in [2.24, 2.45) is 5.92 Å². The topological polar surface area (TPSA) is 50.4 Å². The fourth-order valence-electron chi connectivity index (χ4n) is 1.69. The lowest BCUT2D eigenvalue weighted by Gasteiger charge is -2.11. The van der Waals surface area contributed by atoms with E-state index in [2.05, 4.69) is 24.5 Å². The molecule has 1 fully saturated rings. The van der Waals surface area contributed by atoms with Gasteiger partial charge in [0.1, 0.15) is 0 Å². The van der Waals surface area contributed by atoms with Crippen LogP contribution in [0, 0.1) is 5.92 Å². The van der Waals surface area contributed by atoms with E-state index in [9.17, 15) is 4.79 Å². The van der Waals surface area contributed by atoms with Gasteiger partial charge < -0.3 is 15.4 Å². The summed E-state index contributed by atoms with van der Waals surface area (Å²) >= 11 is 0. The first-order valence-corrected chi connectivity index (χ1v) is 5.72. The van der Waals surface area contributed by atoms with Crippen molar-refractivity contribution in [3.8, 4) is 0 Å². The summed E-state index contributed by atoms with van der Waals surface area (Å²) in [6, 6.07) is 0.469. The van der Waals surface area contributed by atoms with E-state index >= 15 is 0 Å². The molecule has 0 spiro atoms. The zero-order valence-electron chi connectivity index (χ0n) is 9.88. The van der Waals surface area contributed by atoms with Gasteiger partial charge in [0, 0.05) is 19.1 Å². The van der Waals surface area contributed by atoms with Gasteiger partial charge in [-0.2, -0.15) is 0 Å². The summed E-state index contributed by atoms with van der Waals surface area (Å²) in [5.74, 6) is 0.184. The van der Waals surface area contributed by atoms with Gasteiger partial charge in [-0.05, 0) is 13.3 Å². The number of amides is 1. The summed E-state index contributed by atoms with van der Waals surface area (Å²) in [6.45, 7) is 8.29. The van der Waals surface area contributed by atoms with Crippen molar-refractivity contribution < 1.29 is 9.53 Å². The van der Waals surface area contributed by atoms with Gasteiger partial charge in [-0.1, -0.05) is 13.8 Å².